The van der Waals surface area contributed by atoms with Gasteiger partial charge in [0.15, 0.2) is 11.5 Å². The van der Waals surface area contributed by atoms with Crippen LogP contribution in [0.5, 0.6) is 0 Å². The minimum Gasteiger partial charge on any atom is -0.380 e. The largest absolute Gasteiger partial charge is 0.380 e. The van der Waals surface area contributed by atoms with Crippen LogP contribution in [0, 0.1) is 0 Å². The maximum atomic E-state index is 13.0. The number of aliphatic imine (C=N–C) groups is 1. The number of anilines is 2. The molecule has 0 atom stereocenters. The molecule has 1 N–H and O–H groups in total. The standard InChI is InChI=1S/C24H28N8O2/c1-2-34-14-13-30-9-11-31(12-10-30)24(33)18-3-5-20(6-4-18)29-22-23-27-17-28-32(23)21(16-26-22)19-7-8-25-15-19/h3-7,15-17H,2,8-14H2,1H3,(H,26,29). The molecule has 0 saturated carbocycles. The summed E-state index contributed by atoms with van der Waals surface area (Å²) in [5.41, 5.74) is 3.95. The summed E-state index contributed by atoms with van der Waals surface area (Å²) < 4.78 is 7.19. The first kappa shape index (κ1) is 22.2. The molecule has 34 heavy (non-hydrogen) atoms. The molecule has 0 aliphatic carbocycles. The second kappa shape index (κ2) is 10.1. The first-order chi connectivity index (χ1) is 16.7. The Hall–Kier alpha value is -3.63. The minimum absolute atomic E-state index is 0.0600. The van der Waals surface area contributed by atoms with Gasteiger partial charge >= 0.3 is 0 Å². The fourth-order valence-electron chi connectivity index (χ4n) is 4.16. The van der Waals surface area contributed by atoms with Gasteiger partial charge in [0.2, 0.25) is 0 Å². The van der Waals surface area contributed by atoms with Crippen LogP contribution < -0.4 is 5.32 Å². The molecule has 5 rings (SSSR count). The Labute approximate surface area is 198 Å². The molecule has 1 aromatic carbocycles. The number of nitrogens with zero attached hydrogens (tertiary/aromatic N) is 7. The third-order valence-electron chi connectivity index (χ3n) is 6.06. The lowest BCUT2D eigenvalue weighted by Gasteiger charge is -2.34. The number of aromatic nitrogens is 4. The SMILES string of the molecule is CCOCCN1CCN(C(=O)c2ccc(Nc3ncc(C4=CCN=C4)n4ncnc34)cc2)CC1. The lowest BCUT2D eigenvalue weighted by molar-refractivity contribution is 0.0565. The van der Waals surface area contributed by atoms with Crippen molar-refractivity contribution in [2.45, 2.75) is 6.92 Å². The van der Waals surface area contributed by atoms with Gasteiger partial charge in [-0.15, -0.1) is 0 Å². The normalized spacial score (nSPS) is 16.3. The van der Waals surface area contributed by atoms with Gasteiger partial charge in [0.25, 0.3) is 5.91 Å². The van der Waals surface area contributed by atoms with E-state index in [1.165, 1.54) is 6.33 Å². The highest BCUT2D eigenvalue weighted by molar-refractivity contribution is 6.11. The lowest BCUT2D eigenvalue weighted by Crippen LogP contribution is -2.49. The molecule has 0 radical (unpaired) electrons. The molecule has 176 valence electrons. The van der Waals surface area contributed by atoms with Crippen LogP contribution in [0.3, 0.4) is 0 Å². The molecule has 10 heteroatoms. The van der Waals surface area contributed by atoms with Gasteiger partial charge in [0.1, 0.15) is 6.33 Å². The third kappa shape index (κ3) is 4.68. The van der Waals surface area contributed by atoms with Crippen molar-refractivity contribution in [3.63, 3.8) is 0 Å². The number of benzene rings is 1. The molecule has 2 aliphatic heterocycles. The summed E-state index contributed by atoms with van der Waals surface area (Å²) in [6.07, 6.45) is 7.12. The average molecular weight is 461 g/mol. The van der Waals surface area contributed by atoms with Crippen molar-refractivity contribution in [1.82, 2.24) is 29.4 Å². The first-order valence-electron chi connectivity index (χ1n) is 11.6. The zero-order valence-electron chi connectivity index (χ0n) is 19.2. The number of carbonyl (C=O) groups excluding carboxylic acids is 1. The number of allylic oxidation sites excluding steroid dienone is 1. The molecule has 10 nitrogen and oxygen atoms in total. The van der Waals surface area contributed by atoms with Crippen LogP contribution in [0.4, 0.5) is 11.5 Å². The van der Waals surface area contributed by atoms with Crippen LogP contribution in [0.25, 0.3) is 11.2 Å². The lowest BCUT2D eigenvalue weighted by atomic mass is 10.1. The number of fused-ring (bicyclic) bond motifs is 1. The van der Waals surface area contributed by atoms with Crippen LogP contribution in [-0.4, -0.2) is 94.0 Å². The minimum atomic E-state index is 0.0600. The number of nitrogens with one attached hydrogen (secondary N) is 1. The van der Waals surface area contributed by atoms with Gasteiger partial charge in [-0.25, -0.2) is 14.5 Å². The quantitative estimate of drug-likeness (QED) is 0.514. The topological polar surface area (TPSA) is 100 Å². The van der Waals surface area contributed by atoms with Gasteiger partial charge in [-0.2, -0.15) is 5.10 Å². The Morgan fingerprint density at radius 1 is 1.12 bits per heavy atom. The summed E-state index contributed by atoms with van der Waals surface area (Å²) in [4.78, 5) is 30.4. The number of piperazine rings is 1. The van der Waals surface area contributed by atoms with Crippen molar-refractivity contribution in [3.8, 4) is 0 Å². The predicted molar refractivity (Wildman–Crippen MR) is 131 cm³/mol. The molecule has 0 bridgehead atoms. The maximum absolute atomic E-state index is 13.0. The van der Waals surface area contributed by atoms with E-state index in [-0.39, 0.29) is 5.91 Å². The van der Waals surface area contributed by atoms with Crippen LogP contribution in [0.1, 0.15) is 23.0 Å². The predicted octanol–water partition coefficient (Wildman–Crippen LogP) is 2.13. The zero-order chi connectivity index (χ0) is 23.3. The molecule has 1 saturated heterocycles. The summed E-state index contributed by atoms with van der Waals surface area (Å²) in [5.74, 6) is 0.656. The van der Waals surface area contributed by atoms with Gasteiger partial charge in [0.05, 0.1) is 25.0 Å². The van der Waals surface area contributed by atoms with E-state index in [1.807, 2.05) is 48.4 Å². The fraction of sp³-hybridized carbons (Fsp3) is 0.375. The molecular formula is C24H28N8O2. The molecule has 3 aromatic rings. The molecule has 0 spiro atoms. The highest BCUT2D eigenvalue weighted by atomic mass is 16.5. The Balaban J connectivity index is 1.23. The van der Waals surface area contributed by atoms with Crippen LogP contribution in [-0.2, 0) is 4.74 Å². The Morgan fingerprint density at radius 3 is 2.68 bits per heavy atom. The van der Waals surface area contributed by atoms with Crippen molar-refractivity contribution < 1.29 is 9.53 Å². The summed E-state index contributed by atoms with van der Waals surface area (Å²) in [7, 11) is 0. The van der Waals surface area contributed by atoms with Crippen LogP contribution >= 0.6 is 0 Å². The van der Waals surface area contributed by atoms with E-state index in [0.717, 1.165) is 62.9 Å². The highest BCUT2D eigenvalue weighted by Crippen LogP contribution is 2.23. The van der Waals surface area contributed by atoms with Gasteiger partial charge in [-0.1, -0.05) is 6.08 Å². The van der Waals surface area contributed by atoms with Crippen molar-refractivity contribution in [2.24, 2.45) is 4.99 Å². The first-order valence-corrected chi connectivity index (χ1v) is 11.6. The van der Waals surface area contributed by atoms with E-state index in [1.54, 1.807) is 10.7 Å². The zero-order valence-corrected chi connectivity index (χ0v) is 19.2. The number of amides is 1. The number of rotatable bonds is 8. The highest BCUT2D eigenvalue weighted by Gasteiger charge is 2.22. The molecule has 2 aliphatic rings. The Kier molecular flexibility index (Phi) is 6.59. The van der Waals surface area contributed by atoms with E-state index in [0.29, 0.717) is 23.6 Å². The van der Waals surface area contributed by atoms with Crippen LogP contribution in [0.15, 0.2) is 47.9 Å². The monoisotopic (exact) mass is 460 g/mol. The summed E-state index contributed by atoms with van der Waals surface area (Å²) in [5, 5.41) is 7.64. The second-order valence-corrected chi connectivity index (χ2v) is 8.17. The number of ether oxygens (including phenoxy) is 1. The number of carbonyl (C=O) groups is 1. The Morgan fingerprint density at radius 2 is 1.94 bits per heavy atom. The number of hydrogen-bond donors (Lipinski definition) is 1. The van der Waals surface area contributed by atoms with E-state index in [2.05, 4.69) is 30.3 Å². The van der Waals surface area contributed by atoms with Crippen LogP contribution in [0.2, 0.25) is 0 Å². The van der Waals surface area contributed by atoms with E-state index < -0.39 is 0 Å². The molecule has 0 unspecified atom stereocenters. The summed E-state index contributed by atoms with van der Waals surface area (Å²) in [6.45, 7) is 8.26. The van der Waals surface area contributed by atoms with Crippen molar-refractivity contribution in [2.75, 3.05) is 57.8 Å². The molecular weight excluding hydrogens is 432 g/mol. The van der Waals surface area contributed by atoms with Crippen molar-refractivity contribution >= 4 is 34.8 Å². The third-order valence-corrected chi connectivity index (χ3v) is 6.06. The summed E-state index contributed by atoms with van der Waals surface area (Å²) >= 11 is 0. The molecule has 2 aromatic heterocycles. The smallest absolute Gasteiger partial charge is 0.253 e. The average Bonchev–Trinajstić information content (AvgIpc) is 3.58. The molecule has 4 heterocycles. The van der Waals surface area contributed by atoms with Gasteiger partial charge in [-0.3, -0.25) is 14.7 Å². The van der Waals surface area contributed by atoms with E-state index in [4.69, 9.17) is 4.74 Å². The second-order valence-electron chi connectivity index (χ2n) is 8.17. The Bertz CT molecular complexity index is 1210. The summed E-state index contributed by atoms with van der Waals surface area (Å²) in [6, 6.07) is 7.48. The molecule has 1 amide bonds. The number of hydrogen-bond acceptors (Lipinski definition) is 8. The van der Waals surface area contributed by atoms with E-state index >= 15 is 0 Å². The fourth-order valence-corrected chi connectivity index (χ4v) is 4.16. The van der Waals surface area contributed by atoms with Crippen molar-refractivity contribution in [3.05, 3.63) is 54.1 Å². The van der Waals surface area contributed by atoms with Crippen molar-refractivity contribution in [1.29, 1.82) is 0 Å². The van der Waals surface area contributed by atoms with Gasteiger partial charge in [0, 0.05) is 62.4 Å². The molecule has 1 fully saturated rings. The van der Waals surface area contributed by atoms with Gasteiger partial charge in [-0.05, 0) is 31.2 Å². The van der Waals surface area contributed by atoms with E-state index in [9.17, 15) is 4.79 Å². The van der Waals surface area contributed by atoms with Gasteiger partial charge < -0.3 is 15.0 Å². The maximum Gasteiger partial charge on any atom is 0.253 e.